The molecule has 0 saturated carbocycles. The Bertz CT molecular complexity index is 979. The van der Waals surface area contributed by atoms with Gasteiger partial charge in [0.05, 0.1) is 12.9 Å². The number of ether oxygens (including phenoxy) is 1. The number of aromatic hydroxyl groups is 1. The van der Waals surface area contributed by atoms with E-state index in [1.165, 1.54) is 17.2 Å². The maximum absolute atomic E-state index is 10.2. The summed E-state index contributed by atoms with van der Waals surface area (Å²) in [5.41, 5.74) is 1.49. The van der Waals surface area contributed by atoms with Crippen molar-refractivity contribution in [1.82, 2.24) is 19.5 Å². The Balaban J connectivity index is 1.62. The van der Waals surface area contributed by atoms with Crippen LogP contribution in [-0.2, 0) is 11.3 Å². The van der Waals surface area contributed by atoms with Gasteiger partial charge < -0.3 is 30.5 Å². The van der Waals surface area contributed by atoms with Gasteiger partial charge >= 0.3 is 0 Å². The van der Waals surface area contributed by atoms with E-state index in [0.29, 0.717) is 29.1 Å². The predicted octanol–water partition coefficient (Wildman–Crippen LogP) is 0.518. The first-order valence-electron chi connectivity index (χ1n) is 8.51. The topological polar surface area (TPSA) is 146 Å². The van der Waals surface area contributed by atoms with Crippen molar-refractivity contribution in [3.8, 4) is 5.75 Å². The lowest BCUT2D eigenvalue weighted by atomic mass is 10.1. The van der Waals surface area contributed by atoms with Crippen LogP contribution in [0.3, 0.4) is 0 Å². The summed E-state index contributed by atoms with van der Waals surface area (Å²) < 4.78 is 7.78. The van der Waals surface area contributed by atoms with Gasteiger partial charge in [-0.05, 0) is 12.1 Å². The molecule has 148 valence electrons. The Morgan fingerprint density at radius 1 is 1.18 bits per heavy atom. The van der Waals surface area contributed by atoms with Gasteiger partial charge in [-0.15, -0.1) is 0 Å². The van der Waals surface area contributed by atoms with Crippen LogP contribution in [0.2, 0.25) is 0 Å². The molecule has 28 heavy (non-hydrogen) atoms. The minimum atomic E-state index is -1.24. The Labute approximate surface area is 167 Å². The second-order valence-corrected chi connectivity index (χ2v) is 7.22. The molecule has 1 aromatic carbocycles. The van der Waals surface area contributed by atoms with Crippen LogP contribution in [0.25, 0.3) is 11.2 Å². The number of hydrogen-bond donors (Lipinski definition) is 5. The molecule has 1 aliphatic rings. The Morgan fingerprint density at radius 2 is 2.00 bits per heavy atom. The van der Waals surface area contributed by atoms with E-state index in [1.807, 2.05) is 6.07 Å². The number of nitrogens with zero attached hydrogens (tertiary/aromatic N) is 4. The van der Waals surface area contributed by atoms with Crippen LogP contribution >= 0.6 is 15.9 Å². The van der Waals surface area contributed by atoms with Gasteiger partial charge in [-0.25, -0.2) is 15.0 Å². The third kappa shape index (κ3) is 3.20. The number of benzene rings is 1. The zero-order valence-electron chi connectivity index (χ0n) is 14.5. The number of phenolic OH excluding ortho intramolecular Hbond substituents is 1. The fourth-order valence-corrected chi connectivity index (χ4v) is 3.67. The van der Waals surface area contributed by atoms with Crippen molar-refractivity contribution in [3.05, 3.63) is 40.9 Å². The monoisotopic (exact) mass is 451 g/mol. The molecule has 1 saturated heterocycles. The van der Waals surface area contributed by atoms with Crippen LogP contribution in [0.5, 0.6) is 5.75 Å². The van der Waals surface area contributed by atoms with E-state index in [0.717, 1.165) is 4.47 Å². The van der Waals surface area contributed by atoms with Crippen molar-refractivity contribution in [2.45, 2.75) is 31.1 Å². The number of anilines is 1. The Hall–Kier alpha value is -2.31. The molecule has 10 nitrogen and oxygen atoms in total. The first-order valence-corrected chi connectivity index (χ1v) is 9.30. The van der Waals surface area contributed by atoms with E-state index >= 15 is 0 Å². The average molecular weight is 452 g/mol. The zero-order valence-corrected chi connectivity index (χ0v) is 16.1. The molecule has 0 radical (unpaired) electrons. The second kappa shape index (κ2) is 7.60. The molecular formula is C17H18BrN5O5. The van der Waals surface area contributed by atoms with Crippen LogP contribution in [0.1, 0.15) is 11.8 Å². The third-order valence-electron chi connectivity index (χ3n) is 4.68. The molecule has 5 N–H and O–H groups in total. The maximum Gasteiger partial charge on any atom is 0.167 e. The molecule has 0 bridgehead atoms. The minimum absolute atomic E-state index is 0.143. The molecule has 11 heteroatoms. The second-order valence-electron chi connectivity index (χ2n) is 6.37. The number of rotatable bonds is 5. The summed E-state index contributed by atoms with van der Waals surface area (Å²) in [4.78, 5) is 12.7. The molecule has 1 fully saturated rings. The number of aliphatic hydroxyl groups is 3. The number of hydrogen-bond acceptors (Lipinski definition) is 9. The average Bonchev–Trinajstić information content (AvgIpc) is 3.23. The number of aliphatic hydroxyl groups excluding tert-OH is 3. The zero-order chi connectivity index (χ0) is 19.8. The van der Waals surface area contributed by atoms with Crippen LogP contribution in [0, 0.1) is 0 Å². The van der Waals surface area contributed by atoms with Gasteiger partial charge in [0.25, 0.3) is 0 Å². The SMILES string of the molecule is OC[C@H]1OC(n2cnc3c(NCc4c(O)cccc4Br)ncnc32)[C@@H](O)[C@@H]1O. The summed E-state index contributed by atoms with van der Waals surface area (Å²) in [6.07, 6.45) is -1.52. The van der Waals surface area contributed by atoms with Gasteiger partial charge in [0.15, 0.2) is 23.2 Å². The quantitative estimate of drug-likeness (QED) is 0.374. The number of fused-ring (bicyclic) bond motifs is 1. The van der Waals surface area contributed by atoms with Gasteiger partial charge in [-0.1, -0.05) is 22.0 Å². The van der Waals surface area contributed by atoms with Gasteiger partial charge in [0.2, 0.25) is 0 Å². The normalized spacial score (nSPS) is 24.7. The van der Waals surface area contributed by atoms with Gasteiger partial charge in [0.1, 0.15) is 30.4 Å². The van der Waals surface area contributed by atoms with Crippen LogP contribution in [0.4, 0.5) is 5.82 Å². The van der Waals surface area contributed by atoms with Crippen molar-refractivity contribution < 1.29 is 25.2 Å². The number of phenols is 1. The van der Waals surface area contributed by atoms with Gasteiger partial charge in [0, 0.05) is 16.6 Å². The summed E-state index contributed by atoms with van der Waals surface area (Å²) >= 11 is 3.40. The van der Waals surface area contributed by atoms with E-state index in [9.17, 15) is 20.4 Å². The number of nitrogens with one attached hydrogen (secondary N) is 1. The predicted molar refractivity (Wildman–Crippen MR) is 101 cm³/mol. The van der Waals surface area contributed by atoms with E-state index in [4.69, 9.17) is 4.74 Å². The highest BCUT2D eigenvalue weighted by atomic mass is 79.9. The molecule has 0 spiro atoms. The van der Waals surface area contributed by atoms with E-state index < -0.39 is 31.1 Å². The molecule has 0 aliphatic carbocycles. The maximum atomic E-state index is 10.2. The summed E-state index contributed by atoms with van der Waals surface area (Å²) in [6, 6.07) is 5.14. The minimum Gasteiger partial charge on any atom is -0.508 e. The molecule has 1 unspecified atom stereocenters. The molecule has 1 aliphatic heterocycles. The van der Waals surface area contributed by atoms with Crippen LogP contribution in [0.15, 0.2) is 35.3 Å². The summed E-state index contributed by atoms with van der Waals surface area (Å²) in [6.45, 7) is -0.126. The van der Waals surface area contributed by atoms with E-state index in [-0.39, 0.29) is 5.75 Å². The lowest BCUT2D eigenvalue weighted by Crippen LogP contribution is -2.33. The number of halogens is 1. The fourth-order valence-electron chi connectivity index (χ4n) is 3.17. The first-order chi connectivity index (χ1) is 13.5. The van der Waals surface area contributed by atoms with Crippen LogP contribution in [-0.4, -0.2) is 64.9 Å². The standard InChI is InChI=1S/C17H18BrN5O5/c18-9-2-1-3-10(25)8(9)4-19-15-12-16(21-6-20-15)23(7-22-12)17-14(27)13(26)11(5-24)28-17/h1-3,6-7,11,13-14,17,24-27H,4-5H2,(H,19,20,21)/t11-,13-,14+,17?/m1/s1. The Morgan fingerprint density at radius 3 is 2.71 bits per heavy atom. The summed E-state index contributed by atoms with van der Waals surface area (Å²) in [7, 11) is 0. The number of imidazole rings is 1. The summed E-state index contributed by atoms with van der Waals surface area (Å²) in [5, 5.41) is 42.6. The smallest absolute Gasteiger partial charge is 0.167 e. The largest absolute Gasteiger partial charge is 0.508 e. The molecule has 4 atom stereocenters. The van der Waals surface area contributed by atoms with Gasteiger partial charge in [-0.3, -0.25) is 4.57 Å². The van der Waals surface area contributed by atoms with E-state index in [2.05, 4.69) is 36.2 Å². The lowest BCUT2D eigenvalue weighted by molar-refractivity contribution is -0.0511. The Kier molecular flexibility index (Phi) is 5.17. The van der Waals surface area contributed by atoms with E-state index in [1.54, 1.807) is 12.1 Å². The van der Waals surface area contributed by atoms with Crippen molar-refractivity contribution in [2.75, 3.05) is 11.9 Å². The molecule has 4 rings (SSSR count). The van der Waals surface area contributed by atoms with Crippen LogP contribution < -0.4 is 5.32 Å². The molecule has 0 amide bonds. The van der Waals surface area contributed by atoms with Crippen molar-refractivity contribution >= 4 is 32.9 Å². The molecule has 3 heterocycles. The lowest BCUT2D eigenvalue weighted by Gasteiger charge is -2.16. The van der Waals surface area contributed by atoms with Gasteiger partial charge in [-0.2, -0.15) is 0 Å². The molecule has 2 aromatic heterocycles. The summed E-state index contributed by atoms with van der Waals surface area (Å²) in [5.74, 6) is 0.579. The highest BCUT2D eigenvalue weighted by molar-refractivity contribution is 9.10. The molecular weight excluding hydrogens is 434 g/mol. The highest BCUT2D eigenvalue weighted by Crippen LogP contribution is 2.32. The van der Waals surface area contributed by atoms with Crippen molar-refractivity contribution in [2.24, 2.45) is 0 Å². The highest BCUT2D eigenvalue weighted by Gasteiger charge is 2.44. The fraction of sp³-hybridized carbons (Fsp3) is 0.353. The first kappa shape index (κ1) is 19.0. The number of aromatic nitrogens is 4. The third-order valence-corrected chi connectivity index (χ3v) is 5.42. The van der Waals surface area contributed by atoms with Crippen molar-refractivity contribution in [3.63, 3.8) is 0 Å². The molecule has 3 aromatic rings. The van der Waals surface area contributed by atoms with Crippen molar-refractivity contribution in [1.29, 1.82) is 0 Å².